The predicted octanol–water partition coefficient (Wildman–Crippen LogP) is -1.10. The van der Waals surface area contributed by atoms with Crippen molar-refractivity contribution in [3.05, 3.63) is 0 Å². The number of rotatable bonds is 2. The number of hydrogen-bond acceptors (Lipinski definition) is 3. The van der Waals surface area contributed by atoms with Gasteiger partial charge in [0.2, 0.25) is 12.3 Å². The molecule has 1 N–H and O–H groups in total. The quantitative estimate of drug-likeness (QED) is 0.590. The maximum atomic E-state index is 12.0. The third-order valence-electron chi connectivity index (χ3n) is 3.18. The molecule has 0 spiro atoms. The van der Waals surface area contributed by atoms with Gasteiger partial charge < -0.3 is 15.1 Å². The third-order valence-corrected chi connectivity index (χ3v) is 3.18. The molecule has 2 fully saturated rings. The van der Waals surface area contributed by atoms with E-state index in [9.17, 15) is 9.59 Å². The van der Waals surface area contributed by atoms with Crippen LogP contribution < -0.4 is 5.32 Å². The van der Waals surface area contributed by atoms with Crippen LogP contribution in [-0.4, -0.2) is 61.4 Å². The first kappa shape index (κ1) is 10.4. The number of hydrogen-bond donors (Lipinski definition) is 1. The van der Waals surface area contributed by atoms with Gasteiger partial charge in [-0.3, -0.25) is 9.59 Å². The summed E-state index contributed by atoms with van der Waals surface area (Å²) in [7, 11) is 0. The lowest BCUT2D eigenvalue weighted by molar-refractivity contribution is -0.138. The van der Waals surface area contributed by atoms with Gasteiger partial charge in [0.05, 0.1) is 5.92 Å². The zero-order chi connectivity index (χ0) is 10.7. The summed E-state index contributed by atoms with van der Waals surface area (Å²) in [5, 5.41) is 3.20. The zero-order valence-electron chi connectivity index (χ0n) is 8.82. The first-order valence-electron chi connectivity index (χ1n) is 5.50. The van der Waals surface area contributed by atoms with Crippen LogP contribution in [0.4, 0.5) is 0 Å². The van der Waals surface area contributed by atoms with Crippen LogP contribution in [-0.2, 0) is 9.59 Å². The average molecular weight is 211 g/mol. The summed E-state index contributed by atoms with van der Waals surface area (Å²) in [6.07, 6.45) is 1.81. The number of carbonyl (C=O) groups excluding carboxylic acids is 2. The number of carbonyl (C=O) groups is 2. The highest BCUT2D eigenvalue weighted by Crippen LogP contribution is 2.13. The van der Waals surface area contributed by atoms with E-state index in [4.69, 9.17) is 0 Å². The second kappa shape index (κ2) is 4.61. The Labute approximate surface area is 89.4 Å². The van der Waals surface area contributed by atoms with Crippen LogP contribution in [0.15, 0.2) is 0 Å². The van der Waals surface area contributed by atoms with Gasteiger partial charge in [0.15, 0.2) is 0 Å². The van der Waals surface area contributed by atoms with Crippen LogP contribution in [0.3, 0.4) is 0 Å². The molecule has 0 aromatic heterocycles. The Morgan fingerprint density at radius 2 is 2.00 bits per heavy atom. The van der Waals surface area contributed by atoms with E-state index in [1.807, 2.05) is 4.90 Å². The highest BCUT2D eigenvalue weighted by Gasteiger charge is 2.28. The van der Waals surface area contributed by atoms with Gasteiger partial charge >= 0.3 is 0 Å². The van der Waals surface area contributed by atoms with Gasteiger partial charge in [-0.25, -0.2) is 0 Å². The molecule has 5 heteroatoms. The molecule has 2 amide bonds. The molecule has 0 saturated carbocycles. The van der Waals surface area contributed by atoms with Gasteiger partial charge in [-0.05, 0) is 13.0 Å². The Kier molecular flexibility index (Phi) is 3.20. The van der Waals surface area contributed by atoms with Crippen molar-refractivity contribution in [3.63, 3.8) is 0 Å². The van der Waals surface area contributed by atoms with E-state index in [0.717, 1.165) is 25.9 Å². The normalized spacial score (nSPS) is 26.8. The van der Waals surface area contributed by atoms with Gasteiger partial charge in [-0.15, -0.1) is 0 Å². The average Bonchev–Trinajstić information content (AvgIpc) is 2.82. The number of nitrogens with zero attached hydrogens (tertiary/aromatic N) is 2. The lowest BCUT2D eigenvalue weighted by atomic mass is 10.1. The fourth-order valence-electron chi connectivity index (χ4n) is 2.17. The molecule has 15 heavy (non-hydrogen) atoms. The van der Waals surface area contributed by atoms with Gasteiger partial charge in [-0.2, -0.15) is 0 Å². The molecular formula is C10H17N3O2. The number of amides is 2. The summed E-state index contributed by atoms with van der Waals surface area (Å²) in [6.45, 7) is 4.49. The van der Waals surface area contributed by atoms with Crippen molar-refractivity contribution in [1.29, 1.82) is 0 Å². The van der Waals surface area contributed by atoms with Crippen molar-refractivity contribution in [2.45, 2.75) is 6.42 Å². The van der Waals surface area contributed by atoms with E-state index >= 15 is 0 Å². The van der Waals surface area contributed by atoms with Crippen LogP contribution in [0.5, 0.6) is 0 Å². The van der Waals surface area contributed by atoms with E-state index in [1.54, 1.807) is 4.90 Å². The highest BCUT2D eigenvalue weighted by atomic mass is 16.2. The third kappa shape index (κ3) is 2.28. The molecule has 0 unspecified atom stereocenters. The Bertz CT molecular complexity index is 243. The first-order valence-corrected chi connectivity index (χ1v) is 5.50. The Balaban J connectivity index is 1.84. The molecule has 2 heterocycles. The standard InChI is InChI=1S/C10H17N3O2/c14-8-12-3-5-13(6-4-12)10(15)9-1-2-11-7-9/h8-9,11H,1-7H2/t9-/m1/s1. The van der Waals surface area contributed by atoms with Crippen molar-refractivity contribution in [2.75, 3.05) is 39.3 Å². The molecule has 0 aliphatic carbocycles. The molecule has 0 bridgehead atoms. The molecular weight excluding hydrogens is 194 g/mol. The molecule has 1 atom stereocenters. The largest absolute Gasteiger partial charge is 0.342 e. The molecule has 2 rings (SSSR count). The summed E-state index contributed by atoms with van der Waals surface area (Å²) in [4.78, 5) is 26.1. The van der Waals surface area contributed by atoms with Crippen molar-refractivity contribution in [3.8, 4) is 0 Å². The predicted molar refractivity (Wildman–Crippen MR) is 55.2 cm³/mol. The monoisotopic (exact) mass is 211 g/mol. The molecule has 5 nitrogen and oxygen atoms in total. The van der Waals surface area contributed by atoms with Crippen molar-refractivity contribution >= 4 is 12.3 Å². The van der Waals surface area contributed by atoms with E-state index in [1.165, 1.54) is 0 Å². The van der Waals surface area contributed by atoms with Crippen LogP contribution in [0.2, 0.25) is 0 Å². The minimum atomic E-state index is 0.160. The summed E-state index contributed by atoms with van der Waals surface area (Å²) < 4.78 is 0. The van der Waals surface area contributed by atoms with E-state index < -0.39 is 0 Å². The topological polar surface area (TPSA) is 52.7 Å². The van der Waals surface area contributed by atoms with Crippen molar-refractivity contribution < 1.29 is 9.59 Å². The second-order valence-corrected chi connectivity index (χ2v) is 4.16. The molecule has 2 aliphatic heterocycles. The molecule has 0 aromatic rings. The van der Waals surface area contributed by atoms with Crippen LogP contribution >= 0.6 is 0 Å². The second-order valence-electron chi connectivity index (χ2n) is 4.16. The number of nitrogens with one attached hydrogen (secondary N) is 1. The fraction of sp³-hybridized carbons (Fsp3) is 0.800. The molecule has 2 saturated heterocycles. The van der Waals surface area contributed by atoms with Gasteiger partial charge in [0.1, 0.15) is 0 Å². The van der Waals surface area contributed by atoms with Gasteiger partial charge in [0, 0.05) is 32.7 Å². The SMILES string of the molecule is O=CN1CCN(C(=O)[C@@H]2CCNC2)CC1. The lowest BCUT2D eigenvalue weighted by Crippen LogP contribution is -2.50. The van der Waals surface area contributed by atoms with Crippen LogP contribution in [0.1, 0.15) is 6.42 Å². The maximum Gasteiger partial charge on any atom is 0.227 e. The van der Waals surface area contributed by atoms with Gasteiger partial charge in [-0.1, -0.05) is 0 Å². The van der Waals surface area contributed by atoms with Crippen LogP contribution in [0.25, 0.3) is 0 Å². The summed E-state index contributed by atoms with van der Waals surface area (Å²) in [5.41, 5.74) is 0. The van der Waals surface area contributed by atoms with E-state index in [2.05, 4.69) is 5.32 Å². The lowest BCUT2D eigenvalue weighted by Gasteiger charge is -2.33. The minimum Gasteiger partial charge on any atom is -0.342 e. The number of piperazine rings is 1. The Hall–Kier alpha value is -1.10. The Morgan fingerprint density at radius 1 is 1.27 bits per heavy atom. The van der Waals surface area contributed by atoms with Gasteiger partial charge in [0.25, 0.3) is 0 Å². The molecule has 84 valence electrons. The van der Waals surface area contributed by atoms with Crippen molar-refractivity contribution in [2.24, 2.45) is 5.92 Å². The first-order chi connectivity index (χ1) is 7.31. The van der Waals surface area contributed by atoms with E-state index in [-0.39, 0.29) is 11.8 Å². The zero-order valence-corrected chi connectivity index (χ0v) is 8.82. The smallest absolute Gasteiger partial charge is 0.227 e. The summed E-state index contributed by atoms with van der Waals surface area (Å²) >= 11 is 0. The summed E-state index contributed by atoms with van der Waals surface area (Å²) in [6, 6.07) is 0. The van der Waals surface area contributed by atoms with Crippen molar-refractivity contribution in [1.82, 2.24) is 15.1 Å². The molecule has 0 aromatic carbocycles. The summed E-state index contributed by atoms with van der Waals surface area (Å²) in [5.74, 6) is 0.415. The maximum absolute atomic E-state index is 12.0. The fourth-order valence-corrected chi connectivity index (χ4v) is 2.17. The highest BCUT2D eigenvalue weighted by molar-refractivity contribution is 5.79. The molecule has 0 radical (unpaired) electrons. The van der Waals surface area contributed by atoms with Crippen LogP contribution in [0, 0.1) is 5.92 Å². The van der Waals surface area contributed by atoms with E-state index in [0.29, 0.717) is 26.2 Å². The minimum absolute atomic E-state index is 0.160. The molecule has 2 aliphatic rings. The Morgan fingerprint density at radius 3 is 2.53 bits per heavy atom.